The third kappa shape index (κ3) is 3.46. The molecule has 0 saturated carbocycles. The van der Waals surface area contributed by atoms with Crippen molar-refractivity contribution in [3.05, 3.63) is 64.4 Å². The van der Waals surface area contributed by atoms with Gasteiger partial charge in [-0.15, -0.1) is 11.8 Å². The van der Waals surface area contributed by atoms with Gasteiger partial charge in [-0.05, 0) is 35.4 Å². The number of nitrogens with zero attached hydrogens (tertiary/aromatic N) is 1. The van der Waals surface area contributed by atoms with Crippen LogP contribution < -0.4 is 4.74 Å². The molecular formula is C17H15ClFNO2S. The van der Waals surface area contributed by atoms with Crippen LogP contribution in [-0.4, -0.2) is 23.7 Å². The first-order valence-corrected chi connectivity index (χ1v) is 8.50. The van der Waals surface area contributed by atoms with E-state index in [1.807, 2.05) is 24.3 Å². The maximum Gasteiger partial charge on any atom is 0.234 e. The Bertz CT molecular complexity index is 723. The van der Waals surface area contributed by atoms with Gasteiger partial charge in [0.1, 0.15) is 16.9 Å². The van der Waals surface area contributed by atoms with Gasteiger partial charge in [0.25, 0.3) is 0 Å². The summed E-state index contributed by atoms with van der Waals surface area (Å²) in [6.45, 7) is 0.496. The van der Waals surface area contributed by atoms with Crippen LogP contribution in [0.15, 0.2) is 42.5 Å². The van der Waals surface area contributed by atoms with Crippen molar-refractivity contribution in [2.24, 2.45) is 0 Å². The number of ether oxygens (including phenoxy) is 1. The molecule has 3 nitrogen and oxygen atoms in total. The number of hydrogen-bond donors (Lipinski definition) is 0. The number of hydrogen-bond acceptors (Lipinski definition) is 3. The molecule has 2 aromatic carbocycles. The average Bonchev–Trinajstić information content (AvgIpc) is 2.92. The van der Waals surface area contributed by atoms with Crippen LogP contribution in [0.4, 0.5) is 4.39 Å². The molecule has 6 heteroatoms. The van der Waals surface area contributed by atoms with Crippen molar-refractivity contribution in [3.63, 3.8) is 0 Å². The summed E-state index contributed by atoms with van der Waals surface area (Å²) in [7, 11) is 1.62. The summed E-state index contributed by atoms with van der Waals surface area (Å²) in [6, 6.07) is 12.2. The number of carbonyl (C=O) groups is 1. The van der Waals surface area contributed by atoms with Gasteiger partial charge < -0.3 is 9.64 Å². The van der Waals surface area contributed by atoms with Crippen molar-refractivity contribution in [1.29, 1.82) is 0 Å². The van der Waals surface area contributed by atoms with Crippen LogP contribution in [0.3, 0.4) is 0 Å². The normalized spacial score (nSPS) is 17.6. The van der Waals surface area contributed by atoms with Gasteiger partial charge in [0.2, 0.25) is 5.91 Å². The molecule has 0 aliphatic carbocycles. The molecule has 0 spiro atoms. The molecule has 0 bridgehead atoms. The molecule has 1 heterocycles. The van der Waals surface area contributed by atoms with E-state index in [2.05, 4.69) is 0 Å². The number of halogens is 2. The first kappa shape index (κ1) is 16.1. The van der Waals surface area contributed by atoms with Crippen LogP contribution >= 0.6 is 23.4 Å². The molecular weight excluding hydrogens is 337 g/mol. The standard InChI is InChI=1S/C17H15ClFNO2S/c1-22-13-5-2-11(3-6-13)9-20-16(21)10-23-17(20)12-4-7-15(19)14(18)8-12/h2-8,17H,9-10H2,1H3. The second kappa shape index (κ2) is 6.81. The summed E-state index contributed by atoms with van der Waals surface area (Å²) >= 11 is 7.39. The Kier molecular flexibility index (Phi) is 4.78. The lowest BCUT2D eigenvalue weighted by molar-refractivity contribution is -0.128. The predicted octanol–water partition coefficient (Wildman–Crippen LogP) is 4.26. The molecule has 1 atom stereocenters. The molecule has 1 saturated heterocycles. The zero-order chi connectivity index (χ0) is 16.4. The van der Waals surface area contributed by atoms with E-state index in [4.69, 9.17) is 16.3 Å². The minimum atomic E-state index is -0.452. The van der Waals surface area contributed by atoms with Crippen molar-refractivity contribution in [3.8, 4) is 5.75 Å². The molecule has 23 heavy (non-hydrogen) atoms. The van der Waals surface area contributed by atoms with Crippen LogP contribution in [0, 0.1) is 5.82 Å². The van der Waals surface area contributed by atoms with Crippen molar-refractivity contribution < 1.29 is 13.9 Å². The topological polar surface area (TPSA) is 29.5 Å². The second-order valence-corrected chi connectivity index (χ2v) is 6.68. The van der Waals surface area contributed by atoms with Crippen LogP contribution in [0.25, 0.3) is 0 Å². The second-order valence-electron chi connectivity index (χ2n) is 5.21. The number of methoxy groups -OCH3 is 1. The molecule has 120 valence electrons. The summed E-state index contributed by atoms with van der Waals surface area (Å²) in [5, 5.41) is -0.0745. The number of carbonyl (C=O) groups excluding carboxylic acids is 1. The minimum absolute atomic E-state index is 0.0660. The Labute approximate surface area is 143 Å². The van der Waals surface area contributed by atoms with E-state index in [0.29, 0.717) is 12.3 Å². The molecule has 1 aliphatic rings. The number of benzene rings is 2. The fourth-order valence-electron chi connectivity index (χ4n) is 2.49. The summed E-state index contributed by atoms with van der Waals surface area (Å²) in [6.07, 6.45) is 0. The van der Waals surface area contributed by atoms with Crippen LogP contribution in [0.5, 0.6) is 5.75 Å². The molecule has 2 aromatic rings. The molecule has 1 fully saturated rings. The number of thioether (sulfide) groups is 1. The van der Waals surface area contributed by atoms with Gasteiger partial charge in [-0.25, -0.2) is 4.39 Å². The zero-order valence-corrected chi connectivity index (χ0v) is 14.0. The highest BCUT2D eigenvalue weighted by Gasteiger charge is 2.33. The van der Waals surface area contributed by atoms with Crippen LogP contribution in [-0.2, 0) is 11.3 Å². The zero-order valence-electron chi connectivity index (χ0n) is 12.5. The lowest BCUT2D eigenvalue weighted by atomic mass is 10.1. The van der Waals surface area contributed by atoms with Gasteiger partial charge >= 0.3 is 0 Å². The van der Waals surface area contributed by atoms with Gasteiger partial charge in [-0.1, -0.05) is 29.8 Å². The van der Waals surface area contributed by atoms with E-state index in [0.717, 1.165) is 16.9 Å². The van der Waals surface area contributed by atoms with Crippen molar-refractivity contribution >= 4 is 29.3 Å². The lowest BCUT2D eigenvalue weighted by Crippen LogP contribution is -2.27. The fraction of sp³-hybridized carbons (Fsp3) is 0.235. The van der Waals surface area contributed by atoms with Crippen LogP contribution in [0.1, 0.15) is 16.5 Å². The van der Waals surface area contributed by atoms with E-state index in [1.54, 1.807) is 24.1 Å². The van der Waals surface area contributed by atoms with Crippen molar-refractivity contribution in [2.75, 3.05) is 12.9 Å². The minimum Gasteiger partial charge on any atom is -0.497 e. The maximum absolute atomic E-state index is 13.3. The highest BCUT2D eigenvalue weighted by Crippen LogP contribution is 2.40. The van der Waals surface area contributed by atoms with Crippen molar-refractivity contribution in [2.45, 2.75) is 11.9 Å². The van der Waals surface area contributed by atoms with E-state index in [9.17, 15) is 9.18 Å². The molecule has 3 rings (SSSR count). The third-order valence-corrected chi connectivity index (χ3v) is 5.25. The average molecular weight is 352 g/mol. The molecule has 1 amide bonds. The van der Waals surface area contributed by atoms with Gasteiger partial charge in [0.15, 0.2) is 0 Å². The SMILES string of the molecule is COc1ccc(CN2C(=O)CSC2c2ccc(F)c(Cl)c2)cc1. The largest absolute Gasteiger partial charge is 0.497 e. The van der Waals surface area contributed by atoms with Crippen molar-refractivity contribution in [1.82, 2.24) is 4.90 Å². The maximum atomic E-state index is 13.3. The lowest BCUT2D eigenvalue weighted by Gasteiger charge is -2.24. The Hall–Kier alpha value is -1.72. The molecule has 0 N–H and O–H groups in total. The number of rotatable bonds is 4. The smallest absolute Gasteiger partial charge is 0.234 e. The molecule has 1 aliphatic heterocycles. The van der Waals surface area contributed by atoms with E-state index in [1.165, 1.54) is 17.8 Å². The quantitative estimate of drug-likeness (QED) is 0.824. The first-order chi connectivity index (χ1) is 11.1. The van der Waals surface area contributed by atoms with Gasteiger partial charge in [-0.2, -0.15) is 0 Å². The Morgan fingerprint density at radius 1 is 1.30 bits per heavy atom. The summed E-state index contributed by atoms with van der Waals surface area (Å²) in [5.74, 6) is 0.802. The van der Waals surface area contributed by atoms with E-state index < -0.39 is 5.82 Å². The summed E-state index contributed by atoms with van der Waals surface area (Å²) in [5.41, 5.74) is 1.85. The highest BCUT2D eigenvalue weighted by molar-refractivity contribution is 8.00. The van der Waals surface area contributed by atoms with Gasteiger partial charge in [-0.3, -0.25) is 4.79 Å². The van der Waals surface area contributed by atoms with Crippen LogP contribution in [0.2, 0.25) is 5.02 Å². The van der Waals surface area contributed by atoms with E-state index >= 15 is 0 Å². The summed E-state index contributed by atoms with van der Waals surface area (Å²) in [4.78, 5) is 14.0. The molecule has 1 unspecified atom stereocenters. The first-order valence-electron chi connectivity index (χ1n) is 7.07. The van der Waals surface area contributed by atoms with Gasteiger partial charge in [0, 0.05) is 6.54 Å². The highest BCUT2D eigenvalue weighted by atomic mass is 35.5. The Balaban J connectivity index is 1.82. The molecule has 0 radical (unpaired) electrons. The fourth-order valence-corrected chi connectivity index (χ4v) is 3.86. The third-order valence-electron chi connectivity index (χ3n) is 3.71. The monoisotopic (exact) mass is 351 g/mol. The predicted molar refractivity (Wildman–Crippen MR) is 90.2 cm³/mol. The molecule has 0 aromatic heterocycles. The summed E-state index contributed by atoms with van der Waals surface area (Å²) < 4.78 is 18.5. The number of amides is 1. The van der Waals surface area contributed by atoms with E-state index in [-0.39, 0.29) is 16.3 Å². The Morgan fingerprint density at radius 2 is 2.04 bits per heavy atom. The van der Waals surface area contributed by atoms with Gasteiger partial charge in [0.05, 0.1) is 17.9 Å². The Morgan fingerprint density at radius 3 is 2.70 bits per heavy atom.